The highest BCUT2D eigenvalue weighted by Crippen LogP contribution is 2.28. The van der Waals surface area contributed by atoms with Crippen LogP contribution >= 0.6 is 15.9 Å². The fourth-order valence-corrected chi connectivity index (χ4v) is 3.30. The molecule has 1 rings (SSSR count). The first-order valence-corrected chi connectivity index (χ1v) is 8.47. The van der Waals surface area contributed by atoms with Crippen LogP contribution < -0.4 is 10.1 Å². The van der Waals surface area contributed by atoms with Gasteiger partial charge in [0.2, 0.25) is 0 Å². The van der Waals surface area contributed by atoms with Crippen LogP contribution in [-0.2, 0) is 6.54 Å². The molecule has 3 heteroatoms. The first-order chi connectivity index (χ1) is 9.96. The third-order valence-corrected chi connectivity index (χ3v) is 4.44. The maximum Gasteiger partial charge on any atom is 0.123 e. The zero-order valence-corrected chi connectivity index (χ0v) is 15.3. The largest absolute Gasteiger partial charge is 0.496 e. The van der Waals surface area contributed by atoms with Crippen molar-refractivity contribution in [2.75, 3.05) is 7.11 Å². The van der Waals surface area contributed by atoms with Crippen molar-refractivity contribution < 1.29 is 4.74 Å². The third-order valence-electron chi connectivity index (χ3n) is 3.94. The quantitative estimate of drug-likeness (QED) is 0.595. The van der Waals surface area contributed by atoms with Crippen LogP contribution in [0.25, 0.3) is 0 Å². The number of ether oxygens (including phenoxy) is 1. The second-order valence-electron chi connectivity index (χ2n) is 5.83. The van der Waals surface area contributed by atoms with Crippen LogP contribution in [0.1, 0.15) is 52.0 Å². The maximum atomic E-state index is 5.46. The number of benzene rings is 1. The van der Waals surface area contributed by atoms with E-state index in [4.69, 9.17) is 4.74 Å². The molecule has 0 fully saturated rings. The molecule has 0 radical (unpaired) electrons. The first kappa shape index (κ1) is 18.2. The van der Waals surface area contributed by atoms with E-state index in [9.17, 15) is 0 Å². The van der Waals surface area contributed by atoms with E-state index in [-0.39, 0.29) is 5.54 Å². The highest BCUT2D eigenvalue weighted by molar-refractivity contribution is 9.10. The molecule has 0 bridgehead atoms. The van der Waals surface area contributed by atoms with Crippen molar-refractivity contribution in [2.24, 2.45) is 0 Å². The smallest absolute Gasteiger partial charge is 0.123 e. The highest BCUT2D eigenvalue weighted by Gasteiger charge is 2.26. The molecule has 1 unspecified atom stereocenters. The average molecular weight is 354 g/mol. The van der Waals surface area contributed by atoms with Gasteiger partial charge in [0.05, 0.1) is 7.11 Å². The molecule has 0 spiro atoms. The minimum atomic E-state index is 0.133. The van der Waals surface area contributed by atoms with Crippen molar-refractivity contribution >= 4 is 15.9 Å². The zero-order valence-electron chi connectivity index (χ0n) is 13.8. The van der Waals surface area contributed by atoms with Crippen LogP contribution in [0.3, 0.4) is 0 Å². The van der Waals surface area contributed by atoms with Crippen molar-refractivity contribution in [3.8, 4) is 5.75 Å². The Hall–Kier alpha value is -0.800. The molecule has 0 heterocycles. The summed E-state index contributed by atoms with van der Waals surface area (Å²) in [4.78, 5) is 0. The standard InChI is InChI=1S/C18H28BrNO/c1-6-10-18(7-2,12-14(3)4)20-13-15-11-16(19)8-9-17(15)21-5/h8-9,11,20H,3,6-7,10,12-13H2,1-2,4-5H3. The summed E-state index contributed by atoms with van der Waals surface area (Å²) in [7, 11) is 1.72. The van der Waals surface area contributed by atoms with Gasteiger partial charge in [-0.1, -0.05) is 41.8 Å². The Morgan fingerprint density at radius 2 is 2.10 bits per heavy atom. The molecule has 21 heavy (non-hydrogen) atoms. The van der Waals surface area contributed by atoms with Crippen LogP contribution in [0.15, 0.2) is 34.8 Å². The predicted octanol–water partition coefficient (Wildman–Crippen LogP) is 5.46. The van der Waals surface area contributed by atoms with Crippen LogP contribution in [0, 0.1) is 0 Å². The van der Waals surface area contributed by atoms with Gasteiger partial charge in [-0.2, -0.15) is 0 Å². The fraction of sp³-hybridized carbons (Fsp3) is 0.556. The monoisotopic (exact) mass is 353 g/mol. The van der Waals surface area contributed by atoms with E-state index in [1.54, 1.807) is 7.11 Å². The van der Waals surface area contributed by atoms with Crippen LogP contribution in [-0.4, -0.2) is 12.6 Å². The van der Waals surface area contributed by atoms with Gasteiger partial charge in [-0.3, -0.25) is 0 Å². The molecule has 1 N–H and O–H groups in total. The van der Waals surface area contributed by atoms with Crippen LogP contribution in [0.5, 0.6) is 5.75 Å². The molecule has 0 saturated heterocycles. The SMILES string of the molecule is C=C(C)CC(CC)(CCC)NCc1cc(Br)ccc1OC. The molecule has 1 atom stereocenters. The molecule has 0 saturated carbocycles. The summed E-state index contributed by atoms with van der Waals surface area (Å²) < 4.78 is 6.54. The summed E-state index contributed by atoms with van der Waals surface area (Å²) in [6.45, 7) is 11.5. The number of rotatable bonds is 9. The molecular weight excluding hydrogens is 326 g/mol. The average Bonchev–Trinajstić information content (AvgIpc) is 2.44. The highest BCUT2D eigenvalue weighted by atomic mass is 79.9. The summed E-state index contributed by atoms with van der Waals surface area (Å²) in [5.74, 6) is 0.933. The molecule has 2 nitrogen and oxygen atoms in total. The summed E-state index contributed by atoms with van der Waals surface area (Å²) in [5.41, 5.74) is 2.55. The predicted molar refractivity (Wildman–Crippen MR) is 94.9 cm³/mol. The second-order valence-corrected chi connectivity index (χ2v) is 6.74. The fourth-order valence-electron chi connectivity index (χ4n) is 2.89. The van der Waals surface area contributed by atoms with Gasteiger partial charge in [-0.25, -0.2) is 0 Å². The van der Waals surface area contributed by atoms with Crippen molar-refractivity contribution in [2.45, 2.75) is 58.5 Å². The lowest BCUT2D eigenvalue weighted by molar-refractivity contribution is 0.280. The number of hydrogen-bond acceptors (Lipinski definition) is 2. The lowest BCUT2D eigenvalue weighted by Crippen LogP contribution is -2.44. The van der Waals surface area contributed by atoms with E-state index in [1.807, 2.05) is 12.1 Å². The molecule has 1 aromatic rings. The van der Waals surface area contributed by atoms with Crippen LogP contribution in [0.2, 0.25) is 0 Å². The molecule has 118 valence electrons. The minimum absolute atomic E-state index is 0.133. The van der Waals surface area contributed by atoms with Gasteiger partial charge in [0, 0.05) is 22.1 Å². The van der Waals surface area contributed by atoms with Gasteiger partial charge in [0.15, 0.2) is 0 Å². The van der Waals surface area contributed by atoms with E-state index >= 15 is 0 Å². The van der Waals surface area contributed by atoms with E-state index in [2.05, 4.69) is 54.7 Å². The van der Waals surface area contributed by atoms with Crippen molar-refractivity contribution in [3.63, 3.8) is 0 Å². The Morgan fingerprint density at radius 3 is 2.62 bits per heavy atom. The summed E-state index contributed by atoms with van der Waals surface area (Å²) >= 11 is 3.54. The number of nitrogens with one attached hydrogen (secondary N) is 1. The molecule has 1 aromatic carbocycles. The molecule has 0 aliphatic heterocycles. The summed E-state index contributed by atoms with van der Waals surface area (Å²) in [5, 5.41) is 3.77. The Morgan fingerprint density at radius 1 is 1.38 bits per heavy atom. The normalized spacial score (nSPS) is 13.8. The zero-order chi connectivity index (χ0) is 15.9. The van der Waals surface area contributed by atoms with Gasteiger partial charge in [-0.05, 0) is 44.4 Å². The lowest BCUT2D eigenvalue weighted by Gasteiger charge is -2.35. The maximum absolute atomic E-state index is 5.46. The number of methoxy groups -OCH3 is 1. The molecular formula is C18H28BrNO. The van der Waals surface area contributed by atoms with E-state index in [0.29, 0.717) is 0 Å². The Kier molecular flexibility index (Phi) is 7.47. The summed E-state index contributed by atoms with van der Waals surface area (Å²) in [6, 6.07) is 6.14. The lowest BCUT2D eigenvalue weighted by atomic mass is 9.84. The molecule has 0 aromatic heterocycles. The Labute approximate surface area is 138 Å². The van der Waals surface area contributed by atoms with Gasteiger partial charge < -0.3 is 10.1 Å². The van der Waals surface area contributed by atoms with Gasteiger partial charge in [0.1, 0.15) is 5.75 Å². The van der Waals surface area contributed by atoms with Gasteiger partial charge >= 0.3 is 0 Å². The minimum Gasteiger partial charge on any atom is -0.496 e. The van der Waals surface area contributed by atoms with Crippen LogP contribution in [0.4, 0.5) is 0 Å². The topological polar surface area (TPSA) is 21.3 Å². The Balaban J connectivity index is 2.90. The van der Waals surface area contributed by atoms with Crippen molar-refractivity contribution in [1.29, 1.82) is 0 Å². The number of hydrogen-bond donors (Lipinski definition) is 1. The second kappa shape index (κ2) is 8.60. The van der Waals surface area contributed by atoms with E-state index in [0.717, 1.165) is 36.0 Å². The van der Waals surface area contributed by atoms with E-state index in [1.165, 1.54) is 17.6 Å². The van der Waals surface area contributed by atoms with Crippen molar-refractivity contribution in [1.82, 2.24) is 5.32 Å². The molecule has 0 aliphatic carbocycles. The van der Waals surface area contributed by atoms with Crippen molar-refractivity contribution in [3.05, 3.63) is 40.4 Å². The third kappa shape index (κ3) is 5.48. The van der Waals surface area contributed by atoms with Gasteiger partial charge in [0.25, 0.3) is 0 Å². The number of halogens is 1. The summed E-state index contributed by atoms with van der Waals surface area (Å²) in [6.07, 6.45) is 4.45. The first-order valence-electron chi connectivity index (χ1n) is 7.68. The Bertz CT molecular complexity index is 472. The molecule has 0 aliphatic rings. The van der Waals surface area contributed by atoms with Gasteiger partial charge in [-0.15, -0.1) is 6.58 Å². The van der Waals surface area contributed by atoms with E-state index < -0.39 is 0 Å². The molecule has 0 amide bonds.